The van der Waals surface area contributed by atoms with Crippen molar-refractivity contribution in [2.24, 2.45) is 0 Å². The molecule has 0 fully saturated rings. The Labute approximate surface area is 79.9 Å². The third-order valence-corrected chi connectivity index (χ3v) is 1.89. The van der Waals surface area contributed by atoms with Gasteiger partial charge in [-0.05, 0) is 18.4 Å². The first-order valence-corrected chi connectivity index (χ1v) is 5.08. The van der Waals surface area contributed by atoms with E-state index < -0.39 is 5.82 Å². The zero-order valence-corrected chi connectivity index (χ0v) is 8.08. The maximum Gasteiger partial charge on any atom is 0.174 e. The van der Waals surface area contributed by atoms with Gasteiger partial charge in [-0.1, -0.05) is 17.7 Å². The van der Waals surface area contributed by atoms with Gasteiger partial charge in [0.2, 0.25) is 0 Å². The summed E-state index contributed by atoms with van der Waals surface area (Å²) in [6.45, 7) is 0. The average Bonchev–Trinajstić information content (AvgIpc) is 2.04. The first-order valence-electron chi connectivity index (χ1n) is 3.31. The Morgan fingerprint density at radius 1 is 1.58 bits per heavy atom. The van der Waals surface area contributed by atoms with E-state index in [-0.39, 0.29) is 5.75 Å². The molecule has 1 nitrogen and oxygen atoms in total. The van der Waals surface area contributed by atoms with Crippen molar-refractivity contribution in [1.29, 1.82) is 0 Å². The molecular weight excluding hydrogens is 199 g/mol. The van der Waals surface area contributed by atoms with Crippen molar-refractivity contribution in [2.45, 2.75) is 0 Å². The van der Waals surface area contributed by atoms with Crippen LogP contribution in [0, 0.1) is 5.82 Å². The Kier molecular flexibility index (Phi) is 3.69. The minimum Gasteiger partial charge on any atom is -0.478 e. The molecule has 0 atom stereocenters. The summed E-state index contributed by atoms with van der Waals surface area (Å²) >= 11 is 7.16. The van der Waals surface area contributed by atoms with Gasteiger partial charge >= 0.3 is 0 Å². The van der Waals surface area contributed by atoms with Gasteiger partial charge in [0, 0.05) is 0 Å². The van der Waals surface area contributed by atoms with Gasteiger partial charge in [-0.2, -0.15) is 0 Å². The molecule has 0 bridgehead atoms. The molecular formula is C8H8ClFOS. The van der Waals surface area contributed by atoms with E-state index >= 15 is 0 Å². The lowest BCUT2D eigenvalue weighted by molar-refractivity contribution is 0.368. The maximum atomic E-state index is 13.0. The first-order chi connectivity index (χ1) is 5.75. The van der Waals surface area contributed by atoms with Gasteiger partial charge in [0.15, 0.2) is 11.6 Å². The number of ether oxygens (including phenoxy) is 1. The van der Waals surface area contributed by atoms with Crippen LogP contribution in [0.5, 0.6) is 5.75 Å². The first kappa shape index (κ1) is 9.68. The van der Waals surface area contributed by atoms with Crippen molar-refractivity contribution in [1.82, 2.24) is 0 Å². The predicted octanol–water partition coefficient (Wildman–Crippen LogP) is 3.18. The second kappa shape index (κ2) is 4.58. The summed E-state index contributed by atoms with van der Waals surface area (Å²) in [6.07, 6.45) is 1.87. The molecule has 0 aliphatic carbocycles. The molecule has 0 aliphatic rings. The third kappa shape index (κ3) is 2.29. The fourth-order valence-electron chi connectivity index (χ4n) is 0.738. The number of rotatable bonds is 3. The van der Waals surface area contributed by atoms with Gasteiger partial charge < -0.3 is 4.74 Å². The largest absolute Gasteiger partial charge is 0.478 e. The van der Waals surface area contributed by atoms with Crippen LogP contribution in [0.1, 0.15) is 0 Å². The monoisotopic (exact) mass is 206 g/mol. The molecule has 0 unspecified atom stereocenters. The van der Waals surface area contributed by atoms with Gasteiger partial charge in [0.25, 0.3) is 0 Å². The summed E-state index contributed by atoms with van der Waals surface area (Å²) < 4.78 is 18.0. The van der Waals surface area contributed by atoms with Crippen LogP contribution in [-0.4, -0.2) is 12.2 Å². The molecule has 1 rings (SSSR count). The Morgan fingerprint density at radius 3 is 2.92 bits per heavy atom. The molecule has 0 spiro atoms. The van der Waals surface area contributed by atoms with Crippen molar-refractivity contribution >= 4 is 23.4 Å². The SMILES string of the molecule is CSCOc1c(F)cccc1Cl. The minimum absolute atomic E-state index is 0.133. The zero-order valence-electron chi connectivity index (χ0n) is 6.51. The summed E-state index contributed by atoms with van der Waals surface area (Å²) in [5.41, 5.74) is 0. The molecule has 0 heterocycles. The topological polar surface area (TPSA) is 9.23 Å². The highest BCUT2D eigenvalue weighted by Crippen LogP contribution is 2.27. The van der Waals surface area contributed by atoms with E-state index in [2.05, 4.69) is 0 Å². The molecule has 0 saturated carbocycles. The summed E-state index contributed by atoms with van der Waals surface area (Å²) in [5, 5.41) is 0.309. The minimum atomic E-state index is -0.420. The normalized spacial score (nSPS) is 9.92. The van der Waals surface area contributed by atoms with Crippen molar-refractivity contribution in [3.8, 4) is 5.75 Å². The van der Waals surface area contributed by atoms with Gasteiger partial charge in [0.1, 0.15) is 5.94 Å². The molecule has 0 radical (unpaired) electrons. The van der Waals surface area contributed by atoms with Crippen LogP contribution in [-0.2, 0) is 0 Å². The third-order valence-electron chi connectivity index (χ3n) is 1.24. The van der Waals surface area contributed by atoms with Crippen LogP contribution in [0.15, 0.2) is 18.2 Å². The molecule has 1 aromatic carbocycles. The fraction of sp³-hybridized carbons (Fsp3) is 0.250. The molecule has 0 aliphatic heterocycles. The van der Waals surface area contributed by atoms with Crippen LogP contribution in [0.3, 0.4) is 0 Å². The Hall–Kier alpha value is -0.410. The van der Waals surface area contributed by atoms with E-state index in [1.165, 1.54) is 17.8 Å². The fourth-order valence-corrected chi connectivity index (χ4v) is 1.19. The van der Waals surface area contributed by atoms with Crippen LogP contribution in [0.25, 0.3) is 0 Å². The summed E-state index contributed by atoms with van der Waals surface area (Å²) in [4.78, 5) is 0. The number of hydrogen-bond donors (Lipinski definition) is 0. The van der Waals surface area contributed by atoms with E-state index in [1.54, 1.807) is 12.1 Å². The lowest BCUT2D eigenvalue weighted by atomic mass is 10.3. The highest BCUT2D eigenvalue weighted by molar-refractivity contribution is 7.98. The second-order valence-electron chi connectivity index (χ2n) is 2.10. The summed E-state index contributed by atoms with van der Waals surface area (Å²) in [5.74, 6) is 0.116. The molecule has 0 aromatic heterocycles. The number of para-hydroxylation sites is 1. The Morgan fingerprint density at radius 2 is 2.33 bits per heavy atom. The highest BCUT2D eigenvalue weighted by atomic mass is 35.5. The van der Waals surface area contributed by atoms with E-state index in [9.17, 15) is 4.39 Å². The van der Waals surface area contributed by atoms with Crippen molar-refractivity contribution < 1.29 is 9.13 Å². The number of halogens is 2. The molecule has 4 heteroatoms. The van der Waals surface area contributed by atoms with Crippen LogP contribution < -0.4 is 4.74 Å². The molecule has 12 heavy (non-hydrogen) atoms. The van der Waals surface area contributed by atoms with Gasteiger partial charge in [-0.3, -0.25) is 0 Å². The van der Waals surface area contributed by atoms with Crippen molar-refractivity contribution in [3.05, 3.63) is 29.0 Å². The standard InChI is InChI=1S/C8H8ClFOS/c1-12-5-11-8-6(9)3-2-4-7(8)10/h2-4H,5H2,1H3. The summed E-state index contributed by atoms with van der Waals surface area (Å²) in [6, 6.07) is 4.46. The molecule has 0 saturated heterocycles. The number of hydrogen-bond acceptors (Lipinski definition) is 2. The van der Waals surface area contributed by atoms with E-state index in [1.807, 2.05) is 6.26 Å². The van der Waals surface area contributed by atoms with Crippen LogP contribution in [0.2, 0.25) is 5.02 Å². The van der Waals surface area contributed by atoms with E-state index in [0.717, 1.165) is 0 Å². The van der Waals surface area contributed by atoms with E-state index in [4.69, 9.17) is 16.3 Å². The number of benzene rings is 1. The van der Waals surface area contributed by atoms with Gasteiger partial charge in [-0.15, -0.1) is 11.8 Å². The highest BCUT2D eigenvalue weighted by Gasteiger charge is 2.06. The Bertz CT molecular complexity index is 247. The lowest BCUT2D eigenvalue weighted by Gasteiger charge is -2.06. The van der Waals surface area contributed by atoms with Gasteiger partial charge in [0.05, 0.1) is 5.02 Å². The van der Waals surface area contributed by atoms with Crippen molar-refractivity contribution in [2.75, 3.05) is 12.2 Å². The molecule has 1 aromatic rings. The molecule has 0 N–H and O–H groups in total. The number of thioether (sulfide) groups is 1. The predicted molar refractivity (Wildman–Crippen MR) is 50.4 cm³/mol. The lowest BCUT2D eigenvalue weighted by Crippen LogP contribution is -1.95. The van der Waals surface area contributed by atoms with Crippen molar-refractivity contribution in [3.63, 3.8) is 0 Å². The molecule has 0 amide bonds. The van der Waals surface area contributed by atoms with E-state index in [0.29, 0.717) is 11.0 Å². The Balaban J connectivity index is 2.81. The smallest absolute Gasteiger partial charge is 0.174 e. The second-order valence-corrected chi connectivity index (χ2v) is 3.32. The quantitative estimate of drug-likeness (QED) is 0.703. The van der Waals surface area contributed by atoms with Crippen LogP contribution >= 0.6 is 23.4 Å². The van der Waals surface area contributed by atoms with Crippen LogP contribution in [0.4, 0.5) is 4.39 Å². The average molecular weight is 207 g/mol. The molecule has 66 valence electrons. The maximum absolute atomic E-state index is 13.0. The summed E-state index contributed by atoms with van der Waals surface area (Å²) in [7, 11) is 0. The van der Waals surface area contributed by atoms with Gasteiger partial charge in [-0.25, -0.2) is 4.39 Å². The zero-order chi connectivity index (χ0) is 8.97.